The van der Waals surface area contributed by atoms with E-state index in [9.17, 15) is 13.2 Å². The van der Waals surface area contributed by atoms with Gasteiger partial charge in [-0.3, -0.25) is 9.78 Å². The number of ether oxygens (including phenoxy) is 1. The van der Waals surface area contributed by atoms with Gasteiger partial charge < -0.3 is 9.84 Å². The zero-order valence-corrected chi connectivity index (χ0v) is 12.4. The highest BCUT2D eigenvalue weighted by Crippen LogP contribution is 2.36. The lowest BCUT2D eigenvalue weighted by Crippen LogP contribution is -2.32. The summed E-state index contributed by atoms with van der Waals surface area (Å²) < 4.78 is 31.7. The molecule has 0 aromatic carbocycles. The number of fused-ring (bicyclic) bond motifs is 1. The average molecular weight is 333 g/mol. The highest BCUT2D eigenvalue weighted by atomic mass is 35.5. The van der Waals surface area contributed by atoms with Gasteiger partial charge in [0, 0.05) is 31.4 Å². The molecule has 1 aromatic rings. The Balaban J connectivity index is 1.85. The Kier molecular flexibility index (Phi) is 3.64. The molecule has 2 fully saturated rings. The molecule has 0 radical (unpaired) electrons. The fourth-order valence-electron chi connectivity index (χ4n) is 2.81. The van der Waals surface area contributed by atoms with Gasteiger partial charge in [0.15, 0.2) is 0 Å². The van der Waals surface area contributed by atoms with Gasteiger partial charge >= 0.3 is 5.97 Å². The molecule has 9 heteroatoms. The van der Waals surface area contributed by atoms with E-state index < -0.39 is 21.9 Å². The summed E-state index contributed by atoms with van der Waals surface area (Å²) in [5, 5.41) is 9.36. The number of aliphatic carboxylic acids is 1. The summed E-state index contributed by atoms with van der Waals surface area (Å²) in [4.78, 5) is 14.9. The molecule has 3 heterocycles. The second-order valence-corrected chi connectivity index (χ2v) is 7.52. The molecule has 21 heavy (non-hydrogen) atoms. The number of pyridine rings is 1. The molecule has 1 aromatic heterocycles. The molecule has 3 atom stereocenters. The fourth-order valence-corrected chi connectivity index (χ4v) is 4.53. The number of aromatic nitrogens is 1. The van der Waals surface area contributed by atoms with Crippen molar-refractivity contribution in [2.75, 3.05) is 19.7 Å². The first-order valence-corrected chi connectivity index (χ1v) is 8.16. The van der Waals surface area contributed by atoms with Crippen molar-refractivity contribution in [3.63, 3.8) is 0 Å². The van der Waals surface area contributed by atoms with E-state index in [0.29, 0.717) is 0 Å². The molecule has 0 saturated carbocycles. The van der Waals surface area contributed by atoms with E-state index in [1.165, 1.54) is 22.8 Å². The highest BCUT2D eigenvalue weighted by Gasteiger charge is 2.50. The minimum absolute atomic E-state index is 0.00171. The van der Waals surface area contributed by atoms with Crippen molar-refractivity contribution < 1.29 is 23.1 Å². The maximum Gasteiger partial charge on any atom is 0.309 e. The summed E-state index contributed by atoms with van der Waals surface area (Å²) in [6, 6.07) is 1.33. The van der Waals surface area contributed by atoms with Gasteiger partial charge in [-0.1, -0.05) is 11.6 Å². The molecule has 1 N–H and O–H groups in total. The van der Waals surface area contributed by atoms with Crippen molar-refractivity contribution in [3.05, 3.63) is 23.5 Å². The zero-order chi connectivity index (χ0) is 15.2. The smallest absolute Gasteiger partial charge is 0.309 e. The van der Waals surface area contributed by atoms with Crippen LogP contribution in [0.15, 0.2) is 23.4 Å². The van der Waals surface area contributed by atoms with Gasteiger partial charge in [-0.2, -0.15) is 4.31 Å². The Labute approximate surface area is 126 Å². The van der Waals surface area contributed by atoms with Crippen molar-refractivity contribution >= 4 is 27.6 Å². The van der Waals surface area contributed by atoms with Gasteiger partial charge in [-0.15, -0.1) is 0 Å². The average Bonchev–Trinajstić information content (AvgIpc) is 2.97. The Morgan fingerprint density at radius 3 is 2.86 bits per heavy atom. The third-order valence-corrected chi connectivity index (χ3v) is 5.92. The van der Waals surface area contributed by atoms with Gasteiger partial charge in [-0.05, 0) is 6.07 Å². The van der Waals surface area contributed by atoms with Crippen molar-refractivity contribution in [2.24, 2.45) is 11.8 Å². The lowest BCUT2D eigenvalue weighted by molar-refractivity contribution is -0.142. The molecule has 2 aliphatic rings. The monoisotopic (exact) mass is 332 g/mol. The molecule has 0 spiro atoms. The number of hydrogen-bond acceptors (Lipinski definition) is 5. The highest BCUT2D eigenvalue weighted by molar-refractivity contribution is 7.89. The summed E-state index contributed by atoms with van der Waals surface area (Å²) in [5.74, 6) is -1.93. The predicted molar refractivity (Wildman–Crippen MR) is 72.4 cm³/mol. The second-order valence-electron chi connectivity index (χ2n) is 5.14. The van der Waals surface area contributed by atoms with E-state index in [1.54, 1.807) is 0 Å². The van der Waals surface area contributed by atoms with E-state index >= 15 is 0 Å². The number of sulfonamides is 1. The summed E-state index contributed by atoms with van der Waals surface area (Å²) in [5.41, 5.74) is 0. The Morgan fingerprint density at radius 2 is 2.19 bits per heavy atom. The zero-order valence-electron chi connectivity index (χ0n) is 10.8. The number of halogens is 1. The van der Waals surface area contributed by atoms with E-state index in [0.717, 1.165) is 0 Å². The van der Waals surface area contributed by atoms with Crippen LogP contribution in [0.1, 0.15) is 0 Å². The van der Waals surface area contributed by atoms with E-state index in [4.69, 9.17) is 21.4 Å². The van der Waals surface area contributed by atoms with E-state index in [2.05, 4.69) is 4.98 Å². The molecular weight excluding hydrogens is 320 g/mol. The Bertz CT molecular complexity index is 680. The standard InChI is InChI=1S/C12H13ClN2O5S/c13-7-1-8(3-14-2-7)21(18,19)15-4-9-10(12(16)17)6-20-11(9)5-15/h1-3,9-11H,4-6H2,(H,16,17)/t9-,10-,11-/m1/s1. The number of rotatable bonds is 3. The van der Waals surface area contributed by atoms with Gasteiger partial charge in [0.1, 0.15) is 4.90 Å². The fraction of sp³-hybridized carbons (Fsp3) is 0.500. The number of carboxylic acids is 1. The van der Waals surface area contributed by atoms with Crippen LogP contribution in [0.4, 0.5) is 0 Å². The number of nitrogens with zero attached hydrogens (tertiary/aromatic N) is 2. The Morgan fingerprint density at radius 1 is 1.43 bits per heavy atom. The van der Waals surface area contributed by atoms with Crippen LogP contribution in [0, 0.1) is 11.8 Å². The first kappa shape index (κ1) is 14.7. The van der Waals surface area contributed by atoms with Crippen LogP contribution in [0.2, 0.25) is 5.02 Å². The number of carboxylic acid groups (broad SMARTS) is 1. The first-order chi connectivity index (χ1) is 9.89. The molecule has 3 rings (SSSR count). The molecule has 2 aliphatic heterocycles. The molecular formula is C12H13ClN2O5S. The summed E-state index contributed by atoms with van der Waals surface area (Å²) in [7, 11) is -3.74. The summed E-state index contributed by atoms with van der Waals surface area (Å²) in [6.07, 6.45) is 2.21. The van der Waals surface area contributed by atoms with Gasteiger partial charge in [-0.25, -0.2) is 8.42 Å². The lowest BCUT2D eigenvalue weighted by Gasteiger charge is -2.18. The minimum atomic E-state index is -3.74. The second kappa shape index (κ2) is 5.20. The lowest BCUT2D eigenvalue weighted by atomic mass is 9.94. The van der Waals surface area contributed by atoms with Crippen LogP contribution in [-0.4, -0.2) is 54.6 Å². The largest absolute Gasteiger partial charge is 0.481 e. The van der Waals surface area contributed by atoms with Crippen LogP contribution < -0.4 is 0 Å². The maximum absolute atomic E-state index is 12.5. The molecule has 2 saturated heterocycles. The molecule has 0 aliphatic carbocycles. The van der Waals surface area contributed by atoms with Crippen LogP contribution in [0.25, 0.3) is 0 Å². The van der Waals surface area contributed by atoms with Crippen LogP contribution >= 0.6 is 11.6 Å². The third kappa shape index (κ3) is 2.52. The van der Waals surface area contributed by atoms with Crippen molar-refractivity contribution in [3.8, 4) is 0 Å². The van der Waals surface area contributed by atoms with Crippen molar-refractivity contribution in [1.29, 1.82) is 0 Å². The van der Waals surface area contributed by atoms with Gasteiger partial charge in [0.05, 0.1) is 23.7 Å². The normalized spacial score (nSPS) is 29.5. The van der Waals surface area contributed by atoms with Crippen LogP contribution in [-0.2, 0) is 19.6 Å². The van der Waals surface area contributed by atoms with Crippen molar-refractivity contribution in [2.45, 2.75) is 11.0 Å². The van der Waals surface area contributed by atoms with Crippen LogP contribution in [0.5, 0.6) is 0 Å². The van der Waals surface area contributed by atoms with Gasteiger partial charge in [0.2, 0.25) is 10.0 Å². The summed E-state index contributed by atoms with van der Waals surface area (Å²) in [6.45, 7) is 0.428. The predicted octanol–water partition coefficient (Wildman–Crippen LogP) is 0.455. The molecule has 114 valence electrons. The van der Waals surface area contributed by atoms with Crippen LogP contribution in [0.3, 0.4) is 0 Å². The van der Waals surface area contributed by atoms with Crippen molar-refractivity contribution in [1.82, 2.24) is 9.29 Å². The maximum atomic E-state index is 12.5. The number of hydrogen-bond donors (Lipinski definition) is 1. The van der Waals surface area contributed by atoms with Gasteiger partial charge in [0.25, 0.3) is 0 Å². The quantitative estimate of drug-likeness (QED) is 0.863. The molecule has 7 nitrogen and oxygen atoms in total. The molecule has 0 unspecified atom stereocenters. The minimum Gasteiger partial charge on any atom is -0.481 e. The topological polar surface area (TPSA) is 96.8 Å². The van der Waals surface area contributed by atoms with E-state index in [1.807, 2.05) is 0 Å². The SMILES string of the molecule is O=C(O)[C@@H]1CO[C@@H]2CN(S(=O)(=O)c3cncc(Cl)c3)C[C@@H]21. The summed E-state index contributed by atoms with van der Waals surface area (Å²) >= 11 is 5.77. The third-order valence-electron chi connectivity index (χ3n) is 3.92. The Hall–Kier alpha value is -1.22. The first-order valence-electron chi connectivity index (χ1n) is 6.34. The number of carbonyl (C=O) groups is 1. The molecule has 0 bridgehead atoms. The molecule has 0 amide bonds. The van der Waals surface area contributed by atoms with E-state index in [-0.39, 0.29) is 41.6 Å².